The highest BCUT2D eigenvalue weighted by Crippen LogP contribution is 2.56. The van der Waals surface area contributed by atoms with Crippen molar-refractivity contribution in [2.75, 3.05) is 5.32 Å². The largest absolute Gasteiger partial charge is 0.443 e. The smallest absolute Gasteiger partial charge is 0.242 e. The van der Waals surface area contributed by atoms with Gasteiger partial charge in [-0.2, -0.15) is 0 Å². The number of aromatic nitrogens is 1. The molecule has 1 aliphatic heterocycles. The average Bonchev–Trinajstić information content (AvgIpc) is 3.52. The number of amides is 1. The Hall–Kier alpha value is -3.33. The van der Waals surface area contributed by atoms with Crippen LogP contribution < -0.4 is 10.6 Å². The molecular weight excluding hydrogens is 581 g/mol. The highest BCUT2D eigenvalue weighted by Gasteiger charge is 2.62. The molecule has 0 aliphatic carbocycles. The van der Waals surface area contributed by atoms with Crippen molar-refractivity contribution in [1.82, 2.24) is 10.3 Å². The van der Waals surface area contributed by atoms with Crippen molar-refractivity contribution in [3.8, 4) is 0 Å². The summed E-state index contributed by atoms with van der Waals surface area (Å²) in [5, 5.41) is 14.9. The first kappa shape index (κ1) is 30.1. The highest BCUT2D eigenvalue weighted by atomic mass is 35.5. The number of carbonyl (C=O) groups is 1. The van der Waals surface area contributed by atoms with Gasteiger partial charge in [0.15, 0.2) is 12.0 Å². The number of hydrogen-bond acceptors (Lipinski definition) is 5. The SMILES string of the molecule is CC(C=N)[C@@]1(c2ccc(Cl)cc2F)C(c2cccc(Cl)c2F)[C@H](C(=O)Nc2ccc3ocnc3c2)N[C@H]1CC(C)(C)C. The Morgan fingerprint density at radius 3 is 2.64 bits per heavy atom. The molecule has 4 aromatic rings. The van der Waals surface area contributed by atoms with E-state index in [4.69, 9.17) is 33.0 Å². The van der Waals surface area contributed by atoms with Gasteiger partial charge in [0.05, 0.1) is 11.1 Å². The van der Waals surface area contributed by atoms with Crippen LogP contribution in [-0.2, 0) is 10.2 Å². The molecule has 220 valence electrons. The number of carbonyl (C=O) groups excluding carboxylic acids is 1. The molecule has 0 spiro atoms. The third-order valence-corrected chi connectivity index (χ3v) is 8.75. The van der Waals surface area contributed by atoms with Crippen LogP contribution in [-0.4, -0.2) is 29.2 Å². The summed E-state index contributed by atoms with van der Waals surface area (Å²) in [6.07, 6.45) is 3.04. The molecule has 0 bridgehead atoms. The van der Waals surface area contributed by atoms with Gasteiger partial charge in [0.25, 0.3) is 0 Å². The predicted octanol–water partition coefficient (Wildman–Crippen LogP) is 8.14. The predicted molar refractivity (Wildman–Crippen MR) is 163 cm³/mol. The summed E-state index contributed by atoms with van der Waals surface area (Å²) in [5.74, 6) is -3.34. The first-order valence-electron chi connectivity index (χ1n) is 13.7. The van der Waals surface area contributed by atoms with Crippen molar-refractivity contribution in [1.29, 1.82) is 5.41 Å². The van der Waals surface area contributed by atoms with E-state index < -0.39 is 46.9 Å². The van der Waals surface area contributed by atoms with E-state index in [-0.39, 0.29) is 26.6 Å². The van der Waals surface area contributed by atoms with Crippen LogP contribution in [0.3, 0.4) is 0 Å². The number of benzene rings is 3. The lowest BCUT2D eigenvalue weighted by Crippen LogP contribution is -2.50. The molecule has 0 radical (unpaired) electrons. The summed E-state index contributed by atoms with van der Waals surface area (Å²) in [4.78, 5) is 18.4. The molecule has 2 unspecified atom stereocenters. The molecule has 0 saturated carbocycles. The molecule has 1 aliphatic rings. The van der Waals surface area contributed by atoms with Gasteiger partial charge in [0.1, 0.15) is 17.2 Å². The van der Waals surface area contributed by atoms with Crippen LogP contribution in [0.15, 0.2) is 65.4 Å². The standard InChI is InChI=1S/C32H32Cl2F2N4O2/c1-17(15-37)32(21-10-8-18(33)12-23(21)35)26(14-31(2,3)4)40-29(27(32)20-6-5-7-22(34)28(20)36)30(41)39-19-9-11-25-24(13-19)38-16-42-25/h5-13,15-17,26-27,29,37,40H,14H2,1-4H3,(H,39,41)/t17?,26-,27?,29+,32-/m0/s1. The maximum atomic E-state index is 16.1. The molecule has 2 heterocycles. The van der Waals surface area contributed by atoms with Crippen molar-refractivity contribution >= 4 is 52.1 Å². The van der Waals surface area contributed by atoms with Crippen LogP contribution in [0.25, 0.3) is 11.1 Å². The Labute approximate surface area is 253 Å². The molecule has 10 heteroatoms. The minimum atomic E-state index is -1.28. The van der Waals surface area contributed by atoms with Crippen LogP contribution in [0.2, 0.25) is 10.0 Å². The zero-order chi connectivity index (χ0) is 30.4. The van der Waals surface area contributed by atoms with E-state index in [0.717, 1.165) is 0 Å². The number of hydrogen-bond donors (Lipinski definition) is 3. The molecule has 6 nitrogen and oxygen atoms in total. The number of anilines is 1. The molecule has 3 aromatic carbocycles. The summed E-state index contributed by atoms with van der Waals surface area (Å²) in [7, 11) is 0. The number of nitrogens with zero attached hydrogens (tertiary/aromatic N) is 1. The van der Waals surface area contributed by atoms with Crippen LogP contribution >= 0.6 is 23.2 Å². The Balaban J connectivity index is 1.75. The lowest BCUT2D eigenvalue weighted by Gasteiger charge is -2.46. The molecule has 1 amide bonds. The van der Waals surface area contributed by atoms with Gasteiger partial charge in [0.2, 0.25) is 5.91 Å². The normalized spacial score (nSPS) is 23.2. The Morgan fingerprint density at radius 2 is 1.95 bits per heavy atom. The van der Waals surface area contributed by atoms with Crippen molar-refractivity contribution in [2.24, 2.45) is 11.3 Å². The van der Waals surface area contributed by atoms with Gasteiger partial charge in [-0.3, -0.25) is 4.79 Å². The van der Waals surface area contributed by atoms with E-state index in [1.165, 1.54) is 24.7 Å². The summed E-state index contributed by atoms with van der Waals surface area (Å²) >= 11 is 12.5. The van der Waals surface area contributed by atoms with Gasteiger partial charge in [-0.25, -0.2) is 13.8 Å². The van der Waals surface area contributed by atoms with Gasteiger partial charge in [-0.05, 0) is 65.6 Å². The second-order valence-corrected chi connectivity index (χ2v) is 13.0. The molecule has 1 saturated heterocycles. The number of oxazole rings is 1. The van der Waals surface area contributed by atoms with E-state index >= 15 is 8.78 Å². The maximum absolute atomic E-state index is 16.1. The molecule has 42 heavy (non-hydrogen) atoms. The first-order valence-corrected chi connectivity index (χ1v) is 14.4. The maximum Gasteiger partial charge on any atom is 0.242 e. The number of nitrogens with one attached hydrogen (secondary N) is 3. The quantitative estimate of drug-likeness (QED) is 0.184. The van der Waals surface area contributed by atoms with Crippen molar-refractivity contribution < 1.29 is 18.0 Å². The monoisotopic (exact) mass is 612 g/mol. The van der Waals surface area contributed by atoms with E-state index in [1.54, 1.807) is 49.4 Å². The van der Waals surface area contributed by atoms with Gasteiger partial charge in [-0.1, -0.05) is 69.1 Å². The van der Waals surface area contributed by atoms with Crippen LogP contribution in [0.5, 0.6) is 0 Å². The molecule has 1 fully saturated rings. The minimum Gasteiger partial charge on any atom is -0.443 e. The number of fused-ring (bicyclic) bond motifs is 1. The Morgan fingerprint density at radius 1 is 1.19 bits per heavy atom. The van der Waals surface area contributed by atoms with Crippen LogP contribution in [0, 0.1) is 28.4 Å². The summed E-state index contributed by atoms with van der Waals surface area (Å²) < 4.78 is 37.4. The fourth-order valence-electron chi connectivity index (χ4n) is 6.54. The van der Waals surface area contributed by atoms with Gasteiger partial charge in [0, 0.05) is 34.0 Å². The van der Waals surface area contributed by atoms with Crippen molar-refractivity contribution in [3.63, 3.8) is 0 Å². The molecule has 1 aromatic heterocycles. The molecule has 3 N–H and O–H groups in total. The zero-order valence-corrected chi connectivity index (χ0v) is 25.2. The van der Waals surface area contributed by atoms with E-state index in [2.05, 4.69) is 15.6 Å². The molecular formula is C32H32Cl2F2N4O2. The van der Waals surface area contributed by atoms with Crippen molar-refractivity contribution in [2.45, 2.75) is 57.5 Å². The third kappa shape index (κ3) is 5.32. The zero-order valence-electron chi connectivity index (χ0n) is 23.6. The van der Waals surface area contributed by atoms with E-state index in [9.17, 15) is 4.79 Å². The summed E-state index contributed by atoms with van der Waals surface area (Å²) in [6, 6.07) is 12.5. The molecule has 5 rings (SSSR count). The van der Waals surface area contributed by atoms with Crippen LogP contribution in [0.1, 0.15) is 51.2 Å². The second-order valence-electron chi connectivity index (χ2n) is 12.1. The van der Waals surface area contributed by atoms with Crippen molar-refractivity contribution in [3.05, 3.63) is 93.8 Å². The number of halogens is 4. The third-order valence-electron chi connectivity index (χ3n) is 8.22. The van der Waals surface area contributed by atoms with E-state index in [0.29, 0.717) is 23.2 Å². The van der Waals surface area contributed by atoms with Crippen LogP contribution in [0.4, 0.5) is 14.5 Å². The Bertz CT molecular complexity index is 1650. The topological polar surface area (TPSA) is 91.0 Å². The van der Waals surface area contributed by atoms with Gasteiger partial charge >= 0.3 is 0 Å². The summed E-state index contributed by atoms with van der Waals surface area (Å²) in [5.41, 5.74) is 0.422. The van der Waals surface area contributed by atoms with Gasteiger partial charge in [-0.15, -0.1) is 0 Å². The fourth-order valence-corrected chi connectivity index (χ4v) is 6.88. The fraction of sp³-hybridized carbons (Fsp3) is 0.344. The Kier molecular flexibility index (Phi) is 8.18. The summed E-state index contributed by atoms with van der Waals surface area (Å²) in [6.45, 7) is 7.93. The first-order chi connectivity index (χ1) is 19.9. The average molecular weight is 614 g/mol. The van der Waals surface area contributed by atoms with Gasteiger partial charge < -0.3 is 20.5 Å². The second kappa shape index (κ2) is 11.4. The lowest BCUT2D eigenvalue weighted by atomic mass is 9.56. The van der Waals surface area contributed by atoms with E-state index in [1.807, 2.05) is 20.8 Å². The minimum absolute atomic E-state index is 0.115. The lowest BCUT2D eigenvalue weighted by molar-refractivity contribution is -0.118. The highest BCUT2D eigenvalue weighted by molar-refractivity contribution is 6.31. The molecule has 5 atom stereocenters. The number of rotatable bonds is 7.